The summed E-state index contributed by atoms with van der Waals surface area (Å²) in [6.45, 7) is 16.3. The van der Waals surface area contributed by atoms with Gasteiger partial charge in [0.25, 0.3) is 11.8 Å². The van der Waals surface area contributed by atoms with E-state index in [1.54, 1.807) is 9.80 Å². The minimum atomic E-state index is -1.31. The third-order valence-corrected chi connectivity index (χ3v) is 10.7. The van der Waals surface area contributed by atoms with E-state index in [4.69, 9.17) is 14.2 Å². The number of fused-ring (bicyclic) bond motifs is 1. The van der Waals surface area contributed by atoms with Crippen LogP contribution in [0.2, 0.25) is 25.7 Å². The molecule has 4 amide bonds. The van der Waals surface area contributed by atoms with Crippen molar-refractivity contribution < 1.29 is 33.4 Å². The van der Waals surface area contributed by atoms with Gasteiger partial charge in [-0.3, -0.25) is 19.3 Å². The molecule has 0 radical (unpaired) electrons. The van der Waals surface area contributed by atoms with Gasteiger partial charge in [0, 0.05) is 59.1 Å². The number of imide groups is 1. The van der Waals surface area contributed by atoms with E-state index in [1.807, 2.05) is 64.1 Å². The van der Waals surface area contributed by atoms with Crippen LogP contribution >= 0.6 is 0 Å². The van der Waals surface area contributed by atoms with Gasteiger partial charge in [-0.2, -0.15) is 0 Å². The number of ether oxygens (including phenoxy) is 3. The fourth-order valence-corrected chi connectivity index (χ4v) is 7.08. The zero-order valence-electron chi connectivity index (χ0n) is 28.9. The van der Waals surface area contributed by atoms with Crippen LogP contribution in [0.3, 0.4) is 0 Å². The average molecular weight is 664 g/mol. The maximum atomic E-state index is 13.7. The van der Waals surface area contributed by atoms with Crippen LogP contribution in [-0.4, -0.2) is 90.8 Å². The Bertz CT molecular complexity index is 1520. The second kappa shape index (κ2) is 13.8. The lowest BCUT2D eigenvalue weighted by Crippen LogP contribution is -2.55. The Morgan fingerprint density at radius 1 is 0.957 bits per heavy atom. The Morgan fingerprint density at radius 3 is 2.32 bits per heavy atom. The maximum absolute atomic E-state index is 13.7. The number of amides is 4. The third-order valence-electron chi connectivity index (χ3n) is 8.96. The Kier molecular flexibility index (Phi) is 10.2. The highest BCUT2D eigenvalue weighted by Crippen LogP contribution is 2.37. The first kappa shape index (κ1) is 34.6. The molecular formula is C36H49N3O7Si. The van der Waals surface area contributed by atoms with Crippen LogP contribution in [0.25, 0.3) is 11.1 Å². The molecule has 47 heavy (non-hydrogen) atoms. The first-order chi connectivity index (χ1) is 22.1. The molecule has 0 aromatic heterocycles. The maximum Gasteiger partial charge on any atom is 0.410 e. The SMILES string of the molecule is Cc1cc(OC2CCN(C(=O)OC(C)(C)C)CC2)ccc1-c1cccc2c1CN(C1CCC(=O)N(COCC[Si](C)(C)C)C1=O)C2=O. The van der Waals surface area contributed by atoms with Crippen LogP contribution in [0.1, 0.15) is 67.9 Å². The lowest BCUT2D eigenvalue weighted by atomic mass is 9.94. The summed E-state index contributed by atoms with van der Waals surface area (Å²) in [6, 6.07) is 11.9. The Morgan fingerprint density at radius 2 is 1.66 bits per heavy atom. The van der Waals surface area contributed by atoms with Gasteiger partial charge >= 0.3 is 6.09 Å². The monoisotopic (exact) mass is 663 g/mol. The molecule has 2 aromatic rings. The van der Waals surface area contributed by atoms with Crippen molar-refractivity contribution in [2.24, 2.45) is 0 Å². The fraction of sp³-hybridized carbons (Fsp3) is 0.556. The van der Waals surface area contributed by atoms with E-state index in [1.165, 1.54) is 4.90 Å². The Hall–Kier alpha value is -3.70. The number of likely N-dealkylation sites (tertiary alicyclic amines) is 2. The van der Waals surface area contributed by atoms with Crippen molar-refractivity contribution in [3.63, 3.8) is 0 Å². The molecule has 0 aliphatic carbocycles. The molecule has 1 atom stereocenters. The van der Waals surface area contributed by atoms with E-state index in [0.29, 0.717) is 38.2 Å². The summed E-state index contributed by atoms with van der Waals surface area (Å²) >= 11 is 0. The topological polar surface area (TPSA) is 106 Å². The zero-order chi connectivity index (χ0) is 34.1. The Balaban J connectivity index is 1.24. The smallest absolute Gasteiger partial charge is 0.410 e. The molecule has 3 aliphatic heterocycles. The average Bonchev–Trinajstić information content (AvgIpc) is 3.32. The van der Waals surface area contributed by atoms with Crippen LogP contribution in [0.5, 0.6) is 5.75 Å². The first-order valence-corrected chi connectivity index (χ1v) is 20.4. The molecule has 5 rings (SSSR count). The minimum absolute atomic E-state index is 0.00342. The molecule has 0 spiro atoms. The van der Waals surface area contributed by atoms with E-state index in [2.05, 4.69) is 19.6 Å². The largest absolute Gasteiger partial charge is 0.490 e. The van der Waals surface area contributed by atoms with Gasteiger partial charge in [0.2, 0.25) is 5.91 Å². The molecule has 2 aromatic carbocycles. The molecule has 10 nitrogen and oxygen atoms in total. The zero-order valence-corrected chi connectivity index (χ0v) is 29.9. The van der Waals surface area contributed by atoms with Crippen LogP contribution in [-0.2, 0) is 25.6 Å². The molecular weight excluding hydrogens is 614 g/mol. The second-order valence-corrected chi connectivity index (χ2v) is 20.7. The van der Waals surface area contributed by atoms with Gasteiger partial charge in [0.15, 0.2) is 0 Å². The summed E-state index contributed by atoms with van der Waals surface area (Å²) in [5, 5.41) is 0. The van der Waals surface area contributed by atoms with Crippen molar-refractivity contribution in [1.29, 1.82) is 0 Å². The summed E-state index contributed by atoms with van der Waals surface area (Å²) in [7, 11) is -1.31. The predicted octanol–water partition coefficient (Wildman–Crippen LogP) is 6.23. The van der Waals surface area contributed by atoms with E-state index < -0.39 is 19.7 Å². The lowest BCUT2D eigenvalue weighted by Gasteiger charge is -2.35. The van der Waals surface area contributed by atoms with Crippen molar-refractivity contribution in [3.8, 4) is 16.9 Å². The molecule has 2 saturated heterocycles. The quantitative estimate of drug-likeness (QED) is 0.178. The number of hydrogen-bond donors (Lipinski definition) is 0. The van der Waals surface area contributed by atoms with Crippen molar-refractivity contribution in [2.45, 2.75) is 103 Å². The van der Waals surface area contributed by atoms with Crippen molar-refractivity contribution in [2.75, 3.05) is 26.4 Å². The van der Waals surface area contributed by atoms with Crippen LogP contribution in [0.15, 0.2) is 36.4 Å². The molecule has 3 heterocycles. The molecule has 3 aliphatic rings. The number of carbonyl (C=O) groups is 4. The molecule has 2 fully saturated rings. The van der Waals surface area contributed by atoms with E-state index >= 15 is 0 Å². The van der Waals surface area contributed by atoms with Crippen molar-refractivity contribution in [1.82, 2.24) is 14.7 Å². The summed E-state index contributed by atoms with van der Waals surface area (Å²) < 4.78 is 17.6. The van der Waals surface area contributed by atoms with Crippen molar-refractivity contribution in [3.05, 3.63) is 53.1 Å². The van der Waals surface area contributed by atoms with E-state index in [9.17, 15) is 19.2 Å². The van der Waals surface area contributed by atoms with E-state index in [-0.39, 0.29) is 43.1 Å². The minimum Gasteiger partial charge on any atom is -0.490 e. The molecule has 0 N–H and O–H groups in total. The molecule has 0 saturated carbocycles. The van der Waals surface area contributed by atoms with Gasteiger partial charge in [0.05, 0.1) is 0 Å². The van der Waals surface area contributed by atoms with E-state index in [0.717, 1.165) is 46.9 Å². The molecule has 0 bridgehead atoms. The highest BCUT2D eigenvalue weighted by molar-refractivity contribution is 6.76. The number of piperidine rings is 2. The normalized spacial score (nSPS) is 19.3. The summed E-state index contributed by atoms with van der Waals surface area (Å²) in [5.41, 5.74) is 3.89. The lowest BCUT2D eigenvalue weighted by molar-refractivity contribution is -0.158. The highest BCUT2D eigenvalue weighted by Gasteiger charge is 2.43. The molecule has 1 unspecified atom stereocenters. The highest BCUT2D eigenvalue weighted by atomic mass is 28.3. The van der Waals surface area contributed by atoms with Crippen LogP contribution < -0.4 is 4.74 Å². The molecule has 254 valence electrons. The summed E-state index contributed by atoms with van der Waals surface area (Å²) in [5.74, 6) is -0.0523. The van der Waals surface area contributed by atoms with Gasteiger partial charge in [-0.05, 0) is 80.6 Å². The molecule has 11 heteroatoms. The number of rotatable bonds is 9. The fourth-order valence-electron chi connectivity index (χ4n) is 6.33. The number of benzene rings is 2. The van der Waals surface area contributed by atoms with Gasteiger partial charge in [-0.15, -0.1) is 0 Å². The third kappa shape index (κ3) is 8.24. The van der Waals surface area contributed by atoms with Gasteiger partial charge < -0.3 is 24.0 Å². The van der Waals surface area contributed by atoms with Gasteiger partial charge in [0.1, 0.15) is 30.2 Å². The van der Waals surface area contributed by atoms with Crippen LogP contribution in [0.4, 0.5) is 4.79 Å². The van der Waals surface area contributed by atoms with Crippen LogP contribution in [0, 0.1) is 6.92 Å². The Labute approximate surface area is 279 Å². The first-order valence-electron chi connectivity index (χ1n) is 16.7. The number of aryl methyl sites for hydroxylation is 1. The predicted molar refractivity (Wildman–Crippen MR) is 182 cm³/mol. The second-order valence-electron chi connectivity index (χ2n) is 15.1. The number of hydrogen-bond acceptors (Lipinski definition) is 7. The van der Waals surface area contributed by atoms with Gasteiger partial charge in [-0.25, -0.2) is 4.79 Å². The van der Waals surface area contributed by atoms with Gasteiger partial charge in [-0.1, -0.05) is 37.8 Å². The summed E-state index contributed by atoms with van der Waals surface area (Å²) in [6.07, 6.45) is 1.65. The number of carbonyl (C=O) groups excluding carboxylic acids is 4. The standard InChI is InChI=1S/C36H49N3O7Si/c1-24-21-26(45-25-15-17-37(18-16-25)35(43)46-36(2,3)4)11-12-27(24)28-9-8-10-29-30(28)22-38(33(29)41)31-13-14-32(40)39(34(31)42)23-44-19-20-47(5,6)7/h8-12,21,25,31H,13-20,22-23H2,1-7H3. The summed E-state index contributed by atoms with van der Waals surface area (Å²) in [4.78, 5) is 56.8. The van der Waals surface area contributed by atoms with Crippen molar-refractivity contribution >= 4 is 31.9 Å². The number of nitrogens with zero attached hydrogens (tertiary/aromatic N) is 3.